The van der Waals surface area contributed by atoms with Crippen LogP contribution in [0.4, 0.5) is 13.2 Å². The van der Waals surface area contributed by atoms with Crippen molar-refractivity contribution in [1.82, 2.24) is 10.6 Å². The van der Waals surface area contributed by atoms with Gasteiger partial charge >= 0.3 is 6.18 Å². The minimum atomic E-state index is -4.36. The summed E-state index contributed by atoms with van der Waals surface area (Å²) in [7, 11) is 0. The van der Waals surface area contributed by atoms with Crippen LogP contribution in [0.2, 0.25) is 0 Å². The van der Waals surface area contributed by atoms with Crippen molar-refractivity contribution in [3.8, 4) is 0 Å². The van der Waals surface area contributed by atoms with E-state index in [9.17, 15) is 18.0 Å². The zero-order chi connectivity index (χ0) is 26.7. The molecule has 0 aliphatic heterocycles. The molecule has 37 heavy (non-hydrogen) atoms. The largest absolute Gasteiger partial charge is 0.416 e. The third-order valence-corrected chi connectivity index (χ3v) is 8.50. The third kappa shape index (κ3) is 6.11. The van der Waals surface area contributed by atoms with Crippen molar-refractivity contribution in [3.05, 3.63) is 76.9 Å². The standard InChI is InChI=1S/C19H25F3N2O.C12H14/c1-2-23-16-8-9-18(11-16,14-6-7-14)17(25)24-12-13-4-3-5-15(10-13)19(20,21)22;1-3-12(2)9-8-10-6-4-5-7-11(10)12/h3-5,10,14,16,23H,2,6-9,11-12H2,1H3,(H,24,25);4-9H,3H2,1-2H3. The number of hydrogen-bond donors (Lipinski definition) is 2. The molecule has 3 atom stereocenters. The maximum atomic E-state index is 12.9. The lowest BCUT2D eigenvalue weighted by molar-refractivity contribution is -0.137. The van der Waals surface area contributed by atoms with E-state index in [1.165, 1.54) is 23.6 Å². The zero-order valence-corrected chi connectivity index (χ0v) is 22.1. The van der Waals surface area contributed by atoms with Gasteiger partial charge in [0.1, 0.15) is 0 Å². The highest BCUT2D eigenvalue weighted by Crippen LogP contribution is 2.55. The number of allylic oxidation sites excluding steroid dienone is 1. The first kappa shape index (κ1) is 27.4. The third-order valence-electron chi connectivity index (χ3n) is 8.50. The molecule has 200 valence electrons. The van der Waals surface area contributed by atoms with Crippen LogP contribution in [0.25, 0.3) is 6.08 Å². The normalized spacial score (nSPS) is 26.4. The van der Waals surface area contributed by atoms with Crippen molar-refractivity contribution in [1.29, 1.82) is 0 Å². The number of alkyl halides is 3. The van der Waals surface area contributed by atoms with Crippen LogP contribution in [0.1, 0.15) is 81.5 Å². The van der Waals surface area contributed by atoms with Gasteiger partial charge in [-0.3, -0.25) is 4.79 Å². The average molecular weight is 513 g/mol. The van der Waals surface area contributed by atoms with E-state index in [1.54, 1.807) is 6.07 Å². The Morgan fingerprint density at radius 3 is 2.49 bits per heavy atom. The molecule has 6 heteroatoms. The molecule has 0 saturated heterocycles. The summed E-state index contributed by atoms with van der Waals surface area (Å²) < 4.78 is 38.4. The molecule has 0 spiro atoms. The number of amides is 1. The Morgan fingerprint density at radius 2 is 1.81 bits per heavy atom. The van der Waals surface area contributed by atoms with Crippen molar-refractivity contribution in [2.24, 2.45) is 11.3 Å². The second-order valence-electron chi connectivity index (χ2n) is 11.0. The topological polar surface area (TPSA) is 41.1 Å². The van der Waals surface area contributed by atoms with E-state index in [0.717, 1.165) is 50.8 Å². The minimum absolute atomic E-state index is 0.00724. The number of hydrogen-bond acceptors (Lipinski definition) is 2. The molecule has 0 aromatic heterocycles. The van der Waals surface area contributed by atoms with E-state index in [2.05, 4.69) is 67.8 Å². The lowest BCUT2D eigenvalue weighted by Gasteiger charge is -2.28. The first-order chi connectivity index (χ1) is 17.6. The van der Waals surface area contributed by atoms with Gasteiger partial charge in [-0.05, 0) is 79.8 Å². The van der Waals surface area contributed by atoms with E-state index in [-0.39, 0.29) is 23.3 Å². The number of nitrogens with one attached hydrogen (secondary N) is 2. The maximum absolute atomic E-state index is 12.9. The Balaban J connectivity index is 0.000000222. The van der Waals surface area contributed by atoms with Crippen LogP contribution in [0.5, 0.6) is 0 Å². The van der Waals surface area contributed by atoms with Crippen LogP contribution >= 0.6 is 0 Å². The Labute approximate surface area is 218 Å². The van der Waals surface area contributed by atoms with Crippen LogP contribution in [0.3, 0.4) is 0 Å². The van der Waals surface area contributed by atoms with Crippen LogP contribution < -0.4 is 10.6 Å². The number of benzene rings is 2. The van der Waals surface area contributed by atoms with Crippen molar-refractivity contribution >= 4 is 12.0 Å². The van der Waals surface area contributed by atoms with Gasteiger partial charge in [-0.25, -0.2) is 0 Å². The molecule has 3 unspecified atom stereocenters. The van der Waals surface area contributed by atoms with Gasteiger partial charge in [0.25, 0.3) is 0 Å². The number of rotatable bonds is 7. The Morgan fingerprint density at radius 1 is 1.05 bits per heavy atom. The van der Waals surface area contributed by atoms with Crippen molar-refractivity contribution < 1.29 is 18.0 Å². The molecule has 5 rings (SSSR count). The van der Waals surface area contributed by atoms with E-state index in [1.807, 2.05) is 0 Å². The molecule has 3 aliphatic rings. The average Bonchev–Trinajstić information content (AvgIpc) is 3.58. The van der Waals surface area contributed by atoms with Crippen molar-refractivity contribution in [2.75, 3.05) is 6.54 Å². The molecule has 0 radical (unpaired) electrons. The monoisotopic (exact) mass is 512 g/mol. The van der Waals surface area contributed by atoms with Gasteiger partial charge in [0.15, 0.2) is 0 Å². The Hall–Kier alpha value is -2.60. The lowest BCUT2D eigenvalue weighted by atomic mass is 9.79. The van der Waals surface area contributed by atoms with Crippen molar-refractivity contribution in [3.63, 3.8) is 0 Å². The van der Waals surface area contributed by atoms with Gasteiger partial charge in [0, 0.05) is 18.0 Å². The highest BCUT2D eigenvalue weighted by atomic mass is 19.4. The first-order valence-electron chi connectivity index (χ1n) is 13.6. The van der Waals surface area contributed by atoms with Crippen LogP contribution in [0.15, 0.2) is 54.6 Å². The van der Waals surface area contributed by atoms with Gasteiger partial charge in [0.05, 0.1) is 11.0 Å². The molecular weight excluding hydrogens is 473 g/mol. The lowest BCUT2D eigenvalue weighted by Crippen LogP contribution is -2.42. The van der Waals surface area contributed by atoms with Gasteiger partial charge in [-0.1, -0.05) is 69.3 Å². The maximum Gasteiger partial charge on any atom is 0.416 e. The molecule has 2 aromatic carbocycles. The second kappa shape index (κ2) is 11.0. The summed E-state index contributed by atoms with van der Waals surface area (Å²) in [6.07, 6.45) is 6.22. The molecule has 2 aromatic rings. The SMILES string of the molecule is CCC1(C)C=Cc2ccccc21.CCNC1CCC(C(=O)NCc2cccc(C(F)(F)F)c2)(C2CC2)C1. The van der Waals surface area contributed by atoms with E-state index >= 15 is 0 Å². The smallest absolute Gasteiger partial charge is 0.352 e. The molecule has 2 fully saturated rings. The summed E-state index contributed by atoms with van der Waals surface area (Å²) in [5, 5.41) is 6.34. The van der Waals surface area contributed by atoms with Gasteiger partial charge in [0.2, 0.25) is 5.91 Å². The molecule has 1 amide bonds. The molecule has 3 aliphatic carbocycles. The summed E-state index contributed by atoms with van der Waals surface area (Å²) >= 11 is 0. The van der Waals surface area contributed by atoms with Crippen molar-refractivity contribution in [2.45, 2.75) is 83.5 Å². The highest BCUT2D eigenvalue weighted by Gasteiger charge is 2.54. The van der Waals surface area contributed by atoms with Crippen LogP contribution in [-0.2, 0) is 22.9 Å². The minimum Gasteiger partial charge on any atom is -0.352 e. The molecule has 2 N–H and O–H groups in total. The Kier molecular flexibility index (Phi) is 8.17. The second-order valence-corrected chi connectivity index (χ2v) is 11.0. The number of carbonyl (C=O) groups excluding carboxylic acids is 1. The Bertz CT molecular complexity index is 1120. The number of fused-ring (bicyclic) bond motifs is 1. The van der Waals surface area contributed by atoms with Crippen LogP contribution in [-0.4, -0.2) is 18.5 Å². The molecule has 0 bridgehead atoms. The number of carbonyl (C=O) groups is 1. The molecular formula is C31H39F3N2O. The molecule has 2 saturated carbocycles. The fraction of sp³-hybridized carbons (Fsp3) is 0.516. The van der Waals surface area contributed by atoms with E-state index < -0.39 is 11.7 Å². The van der Waals surface area contributed by atoms with Gasteiger partial charge in [-0.15, -0.1) is 0 Å². The predicted octanol–water partition coefficient (Wildman–Crippen LogP) is 7.26. The molecule has 0 heterocycles. The zero-order valence-electron chi connectivity index (χ0n) is 22.1. The molecule has 3 nitrogen and oxygen atoms in total. The quantitative estimate of drug-likeness (QED) is 0.410. The summed E-state index contributed by atoms with van der Waals surface area (Å²) in [5.41, 5.74) is 2.62. The first-order valence-corrected chi connectivity index (χ1v) is 13.6. The van der Waals surface area contributed by atoms with Crippen LogP contribution in [0, 0.1) is 11.3 Å². The summed E-state index contributed by atoms with van der Waals surface area (Å²) in [5.74, 6) is 0.436. The van der Waals surface area contributed by atoms with Gasteiger partial charge < -0.3 is 10.6 Å². The van der Waals surface area contributed by atoms with E-state index in [4.69, 9.17) is 0 Å². The van der Waals surface area contributed by atoms with E-state index in [0.29, 0.717) is 17.5 Å². The number of halogens is 3. The highest BCUT2D eigenvalue weighted by molar-refractivity contribution is 5.84. The summed E-state index contributed by atoms with van der Waals surface area (Å²) in [6, 6.07) is 14.2. The summed E-state index contributed by atoms with van der Waals surface area (Å²) in [6.45, 7) is 7.63. The fourth-order valence-corrected chi connectivity index (χ4v) is 5.99. The predicted molar refractivity (Wildman–Crippen MR) is 143 cm³/mol. The van der Waals surface area contributed by atoms with Gasteiger partial charge in [-0.2, -0.15) is 13.2 Å². The summed E-state index contributed by atoms with van der Waals surface area (Å²) in [4.78, 5) is 12.9. The fourth-order valence-electron chi connectivity index (χ4n) is 5.99.